The molecule has 2 heterocycles. The molecule has 0 amide bonds. The van der Waals surface area contributed by atoms with Crippen molar-refractivity contribution in [3.63, 3.8) is 0 Å². The fourth-order valence-electron chi connectivity index (χ4n) is 2.23. The molecule has 0 aliphatic carbocycles. The summed E-state index contributed by atoms with van der Waals surface area (Å²) >= 11 is 1.79. The maximum atomic E-state index is 4.49. The van der Waals surface area contributed by atoms with Gasteiger partial charge in [-0.2, -0.15) is 0 Å². The molecule has 0 saturated heterocycles. The van der Waals surface area contributed by atoms with Crippen molar-refractivity contribution < 1.29 is 0 Å². The highest BCUT2D eigenvalue weighted by Crippen LogP contribution is 2.24. The van der Waals surface area contributed by atoms with E-state index < -0.39 is 0 Å². The molecule has 0 spiro atoms. The molecule has 1 atom stereocenters. The van der Waals surface area contributed by atoms with Crippen molar-refractivity contribution in [1.29, 1.82) is 0 Å². The summed E-state index contributed by atoms with van der Waals surface area (Å²) in [6, 6.07) is 4.51. The van der Waals surface area contributed by atoms with E-state index in [0.29, 0.717) is 0 Å². The van der Waals surface area contributed by atoms with Crippen molar-refractivity contribution in [2.45, 2.75) is 38.6 Å². The van der Waals surface area contributed by atoms with E-state index in [1.807, 2.05) is 12.4 Å². The first-order valence-electron chi connectivity index (χ1n) is 7.07. The minimum Gasteiger partial charge on any atom is -0.336 e. The van der Waals surface area contributed by atoms with Crippen LogP contribution in [-0.4, -0.2) is 16.1 Å². The number of hydrogen-bond donors (Lipinski definition) is 1. The van der Waals surface area contributed by atoms with Gasteiger partial charge in [0, 0.05) is 24.3 Å². The third-order valence-electron chi connectivity index (χ3n) is 3.32. The number of aromatic nitrogens is 2. The van der Waals surface area contributed by atoms with Crippen LogP contribution in [0.15, 0.2) is 29.9 Å². The third-order valence-corrected chi connectivity index (χ3v) is 4.26. The monoisotopic (exact) mass is 277 g/mol. The number of imidazole rings is 1. The van der Waals surface area contributed by atoms with Crippen LogP contribution in [-0.2, 0) is 7.05 Å². The highest BCUT2D eigenvalue weighted by Gasteiger charge is 2.18. The normalized spacial score (nSPS) is 12.7. The molecule has 1 unspecified atom stereocenters. The molecule has 3 nitrogen and oxygen atoms in total. The van der Waals surface area contributed by atoms with E-state index in [-0.39, 0.29) is 6.04 Å². The molecule has 19 heavy (non-hydrogen) atoms. The summed E-state index contributed by atoms with van der Waals surface area (Å²) in [6.45, 7) is 3.30. The largest absolute Gasteiger partial charge is 0.336 e. The minimum atomic E-state index is 0.224. The Hall–Kier alpha value is -1.13. The number of hydrogen-bond acceptors (Lipinski definition) is 3. The molecule has 2 aromatic heterocycles. The fourth-order valence-corrected chi connectivity index (χ4v) is 3.02. The van der Waals surface area contributed by atoms with Gasteiger partial charge in [0.05, 0.1) is 0 Å². The van der Waals surface area contributed by atoms with E-state index in [1.54, 1.807) is 11.3 Å². The Morgan fingerprint density at radius 2 is 2.26 bits per heavy atom. The number of unbranched alkanes of at least 4 members (excludes halogenated alkanes) is 3. The molecule has 2 aromatic rings. The van der Waals surface area contributed by atoms with Crippen LogP contribution in [0.2, 0.25) is 0 Å². The highest BCUT2D eigenvalue weighted by molar-refractivity contribution is 7.10. The summed E-state index contributed by atoms with van der Waals surface area (Å²) in [5.74, 6) is 1.10. The van der Waals surface area contributed by atoms with Crippen LogP contribution < -0.4 is 5.32 Å². The van der Waals surface area contributed by atoms with Gasteiger partial charge in [0.15, 0.2) is 0 Å². The molecule has 1 N–H and O–H groups in total. The number of nitrogens with zero attached hydrogens (tertiary/aromatic N) is 2. The van der Waals surface area contributed by atoms with Gasteiger partial charge in [0.25, 0.3) is 0 Å². The molecule has 0 bridgehead atoms. The predicted molar refractivity (Wildman–Crippen MR) is 81.5 cm³/mol. The Kier molecular flexibility index (Phi) is 5.61. The van der Waals surface area contributed by atoms with Gasteiger partial charge in [-0.3, -0.25) is 0 Å². The van der Waals surface area contributed by atoms with Gasteiger partial charge in [-0.05, 0) is 24.4 Å². The zero-order chi connectivity index (χ0) is 13.5. The van der Waals surface area contributed by atoms with Crippen molar-refractivity contribution >= 4 is 11.3 Å². The van der Waals surface area contributed by atoms with Crippen LogP contribution >= 0.6 is 11.3 Å². The van der Waals surface area contributed by atoms with Gasteiger partial charge in [0.1, 0.15) is 11.9 Å². The van der Waals surface area contributed by atoms with Crippen LogP contribution in [0, 0.1) is 0 Å². The Labute approximate surface area is 119 Å². The lowest BCUT2D eigenvalue weighted by molar-refractivity contribution is 0.533. The van der Waals surface area contributed by atoms with E-state index in [9.17, 15) is 0 Å². The highest BCUT2D eigenvalue weighted by atomic mass is 32.1. The second-order valence-electron chi connectivity index (χ2n) is 4.86. The summed E-state index contributed by atoms with van der Waals surface area (Å²) in [5.41, 5.74) is 0. The lowest BCUT2D eigenvalue weighted by Crippen LogP contribution is -2.25. The first kappa shape index (κ1) is 14.3. The summed E-state index contributed by atoms with van der Waals surface area (Å²) < 4.78 is 2.10. The van der Waals surface area contributed by atoms with Crippen molar-refractivity contribution in [3.8, 4) is 0 Å². The van der Waals surface area contributed by atoms with Gasteiger partial charge in [-0.15, -0.1) is 11.3 Å². The Bertz CT molecular complexity index is 461. The molecule has 0 aliphatic heterocycles. The summed E-state index contributed by atoms with van der Waals surface area (Å²) in [7, 11) is 2.06. The van der Waals surface area contributed by atoms with E-state index in [0.717, 1.165) is 12.4 Å². The van der Waals surface area contributed by atoms with Crippen LogP contribution in [0.4, 0.5) is 0 Å². The zero-order valence-electron chi connectivity index (χ0n) is 11.8. The van der Waals surface area contributed by atoms with Crippen LogP contribution in [0.3, 0.4) is 0 Å². The standard InChI is InChI=1S/C15H23N3S/c1-3-4-5-6-9-16-14(13-8-7-12-19-13)15-17-10-11-18(15)2/h7-8,10-12,14,16H,3-6,9H2,1-2H3. The SMILES string of the molecule is CCCCCCNC(c1cccs1)c1nccn1C. The molecule has 0 aliphatic rings. The second kappa shape index (κ2) is 7.46. The van der Waals surface area contributed by atoms with Gasteiger partial charge in [-0.25, -0.2) is 4.98 Å². The van der Waals surface area contributed by atoms with Crippen LogP contribution in [0.1, 0.15) is 49.4 Å². The zero-order valence-corrected chi connectivity index (χ0v) is 12.6. The number of aryl methyl sites for hydroxylation is 1. The van der Waals surface area contributed by atoms with Crippen LogP contribution in [0.25, 0.3) is 0 Å². The Balaban J connectivity index is 1.98. The lowest BCUT2D eigenvalue weighted by Gasteiger charge is -2.17. The fraction of sp³-hybridized carbons (Fsp3) is 0.533. The maximum Gasteiger partial charge on any atom is 0.131 e. The van der Waals surface area contributed by atoms with Crippen molar-refractivity contribution in [1.82, 2.24) is 14.9 Å². The second-order valence-corrected chi connectivity index (χ2v) is 5.84. The summed E-state index contributed by atoms with van der Waals surface area (Å²) in [5, 5.41) is 5.78. The molecule has 4 heteroatoms. The predicted octanol–water partition coefficient (Wildman–Crippen LogP) is 3.74. The van der Waals surface area contributed by atoms with E-state index in [1.165, 1.54) is 30.6 Å². The van der Waals surface area contributed by atoms with Crippen molar-refractivity contribution in [2.75, 3.05) is 6.54 Å². The van der Waals surface area contributed by atoms with E-state index in [2.05, 4.69) is 46.4 Å². The first-order valence-corrected chi connectivity index (χ1v) is 7.95. The molecule has 104 valence electrons. The average molecular weight is 277 g/mol. The molecule has 0 saturated carbocycles. The lowest BCUT2D eigenvalue weighted by atomic mass is 10.2. The number of rotatable bonds is 8. The number of thiophene rings is 1. The molecule has 2 rings (SSSR count). The van der Waals surface area contributed by atoms with Crippen molar-refractivity contribution in [2.24, 2.45) is 7.05 Å². The summed E-state index contributed by atoms with van der Waals surface area (Å²) in [6.07, 6.45) is 9.03. The number of nitrogens with one attached hydrogen (secondary N) is 1. The van der Waals surface area contributed by atoms with E-state index >= 15 is 0 Å². The Morgan fingerprint density at radius 3 is 2.89 bits per heavy atom. The first-order chi connectivity index (χ1) is 9.33. The van der Waals surface area contributed by atoms with Gasteiger partial charge in [0.2, 0.25) is 0 Å². The van der Waals surface area contributed by atoms with Crippen molar-refractivity contribution in [3.05, 3.63) is 40.6 Å². The minimum absolute atomic E-state index is 0.224. The molecule has 0 radical (unpaired) electrons. The summed E-state index contributed by atoms with van der Waals surface area (Å²) in [4.78, 5) is 5.83. The third kappa shape index (κ3) is 3.91. The van der Waals surface area contributed by atoms with Gasteiger partial charge in [-0.1, -0.05) is 32.3 Å². The Morgan fingerprint density at radius 1 is 1.37 bits per heavy atom. The topological polar surface area (TPSA) is 29.9 Å². The van der Waals surface area contributed by atoms with Crippen LogP contribution in [0.5, 0.6) is 0 Å². The molecule has 0 fully saturated rings. The molecular formula is C15H23N3S. The molecule has 0 aromatic carbocycles. The van der Waals surface area contributed by atoms with Gasteiger partial charge < -0.3 is 9.88 Å². The average Bonchev–Trinajstić information content (AvgIpc) is 3.06. The molecular weight excluding hydrogens is 254 g/mol. The quantitative estimate of drug-likeness (QED) is 0.745. The van der Waals surface area contributed by atoms with E-state index in [4.69, 9.17) is 0 Å². The van der Waals surface area contributed by atoms with Gasteiger partial charge >= 0.3 is 0 Å². The smallest absolute Gasteiger partial charge is 0.131 e. The maximum absolute atomic E-state index is 4.49.